The van der Waals surface area contributed by atoms with Crippen LogP contribution in [0.5, 0.6) is 0 Å². The van der Waals surface area contributed by atoms with Crippen LogP contribution in [0.2, 0.25) is 0 Å². The molecule has 2 N–H and O–H groups in total. The van der Waals surface area contributed by atoms with Crippen LogP contribution in [0.1, 0.15) is 20.3 Å². The highest BCUT2D eigenvalue weighted by molar-refractivity contribution is 5.73. The first-order valence-electron chi connectivity index (χ1n) is 4.12. The molecule has 1 amide bonds. The van der Waals surface area contributed by atoms with Crippen LogP contribution in [-0.2, 0) is 4.79 Å². The lowest BCUT2D eigenvalue weighted by Gasteiger charge is -2.34. The van der Waals surface area contributed by atoms with Crippen LogP contribution in [0.25, 0.3) is 0 Å². The minimum atomic E-state index is 0.170. The van der Waals surface area contributed by atoms with Crippen LogP contribution in [0.4, 0.5) is 0 Å². The van der Waals surface area contributed by atoms with Crippen molar-refractivity contribution < 1.29 is 4.79 Å². The Labute approximate surface area is 67.5 Å². The largest absolute Gasteiger partial charge is 0.343 e. The van der Waals surface area contributed by atoms with Crippen LogP contribution in [0.3, 0.4) is 0 Å². The highest BCUT2D eigenvalue weighted by atomic mass is 16.2. The van der Waals surface area contributed by atoms with Gasteiger partial charge in [0.25, 0.3) is 0 Å². The molecular weight excluding hydrogens is 140 g/mol. The van der Waals surface area contributed by atoms with Crippen molar-refractivity contribution in [2.45, 2.75) is 26.3 Å². The highest BCUT2D eigenvalue weighted by Crippen LogP contribution is 2.14. The minimum Gasteiger partial charge on any atom is -0.343 e. The van der Waals surface area contributed by atoms with Crippen molar-refractivity contribution in [3.05, 3.63) is 0 Å². The van der Waals surface area contributed by atoms with E-state index in [4.69, 9.17) is 5.73 Å². The van der Waals surface area contributed by atoms with E-state index in [0.717, 1.165) is 19.5 Å². The van der Waals surface area contributed by atoms with E-state index >= 15 is 0 Å². The van der Waals surface area contributed by atoms with Gasteiger partial charge in [-0.05, 0) is 12.3 Å². The van der Waals surface area contributed by atoms with E-state index in [1.807, 2.05) is 4.90 Å². The number of rotatable bonds is 0. The van der Waals surface area contributed by atoms with E-state index < -0.39 is 0 Å². The van der Waals surface area contributed by atoms with Crippen LogP contribution in [0, 0.1) is 5.92 Å². The van der Waals surface area contributed by atoms with Crippen molar-refractivity contribution >= 4 is 5.91 Å². The second-order valence-corrected chi connectivity index (χ2v) is 3.39. The second-order valence-electron chi connectivity index (χ2n) is 3.39. The standard InChI is InChI=1S/C8H16N2O/c1-6-5-10(7(2)11)4-3-8(6)9/h6,8H,3-5,9H2,1-2H3/t6-,8-/m0/s1. The molecule has 64 valence electrons. The van der Waals surface area contributed by atoms with Crippen molar-refractivity contribution in [2.24, 2.45) is 11.7 Å². The summed E-state index contributed by atoms with van der Waals surface area (Å²) in [6.07, 6.45) is 0.945. The van der Waals surface area contributed by atoms with Crippen LogP contribution in [0.15, 0.2) is 0 Å². The topological polar surface area (TPSA) is 46.3 Å². The minimum absolute atomic E-state index is 0.170. The van der Waals surface area contributed by atoms with Gasteiger partial charge in [-0.25, -0.2) is 0 Å². The molecule has 1 fully saturated rings. The summed E-state index contributed by atoms with van der Waals surface area (Å²) in [5.74, 6) is 0.622. The predicted octanol–water partition coefficient (Wildman–Crippen LogP) is 0.202. The molecule has 2 atom stereocenters. The molecule has 0 spiro atoms. The Morgan fingerprint density at radius 3 is 2.73 bits per heavy atom. The Kier molecular flexibility index (Phi) is 2.49. The number of hydrogen-bond donors (Lipinski definition) is 1. The lowest BCUT2D eigenvalue weighted by Crippen LogP contribution is -2.47. The van der Waals surface area contributed by atoms with Crippen LogP contribution >= 0.6 is 0 Å². The monoisotopic (exact) mass is 156 g/mol. The van der Waals surface area contributed by atoms with Crippen molar-refractivity contribution in [3.8, 4) is 0 Å². The van der Waals surface area contributed by atoms with E-state index in [1.165, 1.54) is 0 Å². The average molecular weight is 156 g/mol. The summed E-state index contributed by atoms with van der Waals surface area (Å²) >= 11 is 0. The zero-order valence-corrected chi connectivity index (χ0v) is 7.21. The molecule has 0 radical (unpaired) electrons. The summed E-state index contributed by atoms with van der Waals surface area (Å²) in [5, 5.41) is 0. The summed E-state index contributed by atoms with van der Waals surface area (Å²) in [4.78, 5) is 12.8. The lowest BCUT2D eigenvalue weighted by atomic mass is 9.95. The van der Waals surface area contributed by atoms with Crippen molar-refractivity contribution in [1.29, 1.82) is 0 Å². The molecule has 0 bridgehead atoms. The quantitative estimate of drug-likeness (QED) is 0.544. The fourth-order valence-electron chi connectivity index (χ4n) is 1.45. The zero-order chi connectivity index (χ0) is 8.43. The van der Waals surface area contributed by atoms with Gasteiger partial charge in [-0.2, -0.15) is 0 Å². The molecule has 3 nitrogen and oxygen atoms in total. The van der Waals surface area contributed by atoms with Crippen molar-refractivity contribution in [3.63, 3.8) is 0 Å². The number of carbonyl (C=O) groups is 1. The smallest absolute Gasteiger partial charge is 0.219 e. The second kappa shape index (κ2) is 3.22. The predicted molar refractivity (Wildman–Crippen MR) is 44.0 cm³/mol. The maximum absolute atomic E-state index is 10.9. The summed E-state index contributed by atoms with van der Waals surface area (Å²) in [5.41, 5.74) is 5.80. The molecule has 1 aliphatic heterocycles. The molecule has 11 heavy (non-hydrogen) atoms. The first kappa shape index (κ1) is 8.53. The fourth-order valence-corrected chi connectivity index (χ4v) is 1.45. The number of nitrogens with two attached hydrogens (primary N) is 1. The van der Waals surface area contributed by atoms with Gasteiger partial charge in [0.15, 0.2) is 0 Å². The number of carbonyl (C=O) groups excluding carboxylic acids is 1. The van der Waals surface area contributed by atoms with Gasteiger partial charge in [0.05, 0.1) is 0 Å². The molecule has 0 aromatic heterocycles. The van der Waals surface area contributed by atoms with Gasteiger partial charge >= 0.3 is 0 Å². The molecular formula is C8H16N2O. The third-order valence-electron chi connectivity index (χ3n) is 2.42. The fraction of sp³-hybridized carbons (Fsp3) is 0.875. The molecule has 1 heterocycles. The third kappa shape index (κ3) is 1.93. The number of hydrogen-bond acceptors (Lipinski definition) is 2. The Morgan fingerprint density at radius 1 is 1.64 bits per heavy atom. The third-order valence-corrected chi connectivity index (χ3v) is 2.42. The van der Waals surface area contributed by atoms with Gasteiger partial charge in [-0.1, -0.05) is 6.92 Å². The number of piperidine rings is 1. The first-order chi connectivity index (χ1) is 5.11. The van der Waals surface area contributed by atoms with Gasteiger partial charge in [0.2, 0.25) is 5.91 Å². The Hall–Kier alpha value is -0.570. The van der Waals surface area contributed by atoms with Gasteiger partial charge in [0.1, 0.15) is 0 Å². The Balaban J connectivity index is 2.46. The molecule has 3 heteroatoms. The maximum atomic E-state index is 10.9. The molecule has 0 aliphatic carbocycles. The number of amides is 1. The van der Waals surface area contributed by atoms with E-state index in [2.05, 4.69) is 6.92 Å². The molecule has 1 aliphatic rings. The van der Waals surface area contributed by atoms with Crippen LogP contribution < -0.4 is 5.73 Å². The van der Waals surface area contributed by atoms with Gasteiger partial charge in [-0.15, -0.1) is 0 Å². The summed E-state index contributed by atoms with van der Waals surface area (Å²) in [7, 11) is 0. The molecule has 1 rings (SSSR count). The van der Waals surface area contributed by atoms with E-state index in [0.29, 0.717) is 5.92 Å². The Bertz CT molecular complexity index is 158. The van der Waals surface area contributed by atoms with Gasteiger partial charge in [-0.3, -0.25) is 4.79 Å². The van der Waals surface area contributed by atoms with Crippen molar-refractivity contribution in [2.75, 3.05) is 13.1 Å². The zero-order valence-electron chi connectivity index (χ0n) is 7.21. The molecule has 0 saturated carbocycles. The van der Waals surface area contributed by atoms with E-state index in [-0.39, 0.29) is 11.9 Å². The highest BCUT2D eigenvalue weighted by Gasteiger charge is 2.23. The number of likely N-dealkylation sites (tertiary alicyclic amines) is 1. The van der Waals surface area contributed by atoms with E-state index in [1.54, 1.807) is 6.92 Å². The SMILES string of the molecule is CC(=O)N1CC[C@H](N)[C@@H](C)C1. The average Bonchev–Trinajstić information content (AvgIpc) is 1.94. The normalized spacial score (nSPS) is 32.1. The van der Waals surface area contributed by atoms with E-state index in [9.17, 15) is 4.79 Å². The molecule has 0 aromatic carbocycles. The maximum Gasteiger partial charge on any atom is 0.219 e. The van der Waals surface area contributed by atoms with Crippen LogP contribution in [-0.4, -0.2) is 29.9 Å². The lowest BCUT2D eigenvalue weighted by molar-refractivity contribution is -0.130. The van der Waals surface area contributed by atoms with Crippen molar-refractivity contribution in [1.82, 2.24) is 4.90 Å². The Morgan fingerprint density at radius 2 is 2.27 bits per heavy atom. The number of nitrogens with zero attached hydrogens (tertiary/aromatic N) is 1. The summed E-state index contributed by atoms with van der Waals surface area (Å²) in [6.45, 7) is 5.38. The van der Waals surface area contributed by atoms with Gasteiger partial charge < -0.3 is 10.6 Å². The molecule has 1 saturated heterocycles. The molecule has 0 unspecified atom stereocenters. The van der Waals surface area contributed by atoms with Gasteiger partial charge in [0, 0.05) is 26.1 Å². The first-order valence-corrected chi connectivity index (χ1v) is 4.12. The summed E-state index contributed by atoms with van der Waals surface area (Å²) < 4.78 is 0. The molecule has 0 aromatic rings. The summed E-state index contributed by atoms with van der Waals surface area (Å²) in [6, 6.07) is 0.283.